The number of rotatable bonds is 3. The maximum absolute atomic E-state index is 12.2. The van der Waals surface area contributed by atoms with Crippen LogP contribution in [-0.4, -0.2) is 47.2 Å². The van der Waals surface area contributed by atoms with Crippen molar-refractivity contribution in [3.8, 4) is 0 Å². The van der Waals surface area contributed by atoms with Crippen LogP contribution in [0.3, 0.4) is 0 Å². The van der Waals surface area contributed by atoms with Gasteiger partial charge in [0.15, 0.2) is 0 Å². The molecule has 6 heteroatoms. The number of hydrogen-bond acceptors (Lipinski definition) is 3. The zero-order valence-corrected chi connectivity index (χ0v) is 10.3. The van der Waals surface area contributed by atoms with Crippen LogP contribution in [0.25, 0.3) is 0 Å². The lowest BCUT2D eigenvalue weighted by atomic mass is 10.0. The number of nitrogens with two attached hydrogens (primary N) is 1. The molecule has 0 spiro atoms. The fourth-order valence-corrected chi connectivity index (χ4v) is 2.02. The molecule has 0 saturated carbocycles. The zero-order chi connectivity index (χ0) is 13.0. The molecule has 0 aliphatic carbocycles. The fraction of sp³-hybridized carbons (Fsp3) is 0.818. The summed E-state index contributed by atoms with van der Waals surface area (Å²) < 4.78 is 0. The maximum atomic E-state index is 12.2. The van der Waals surface area contributed by atoms with E-state index in [0.717, 1.165) is 12.8 Å². The van der Waals surface area contributed by atoms with Gasteiger partial charge in [-0.3, -0.25) is 4.79 Å². The highest BCUT2D eigenvalue weighted by atomic mass is 16.3. The van der Waals surface area contributed by atoms with Gasteiger partial charge < -0.3 is 21.1 Å². The van der Waals surface area contributed by atoms with Crippen molar-refractivity contribution < 1.29 is 14.7 Å². The molecule has 17 heavy (non-hydrogen) atoms. The van der Waals surface area contributed by atoms with E-state index in [0.29, 0.717) is 13.1 Å². The van der Waals surface area contributed by atoms with Crippen molar-refractivity contribution in [3.63, 3.8) is 0 Å². The van der Waals surface area contributed by atoms with Gasteiger partial charge in [0.2, 0.25) is 5.91 Å². The van der Waals surface area contributed by atoms with Crippen LogP contribution in [-0.2, 0) is 4.79 Å². The van der Waals surface area contributed by atoms with Gasteiger partial charge in [-0.2, -0.15) is 0 Å². The predicted molar refractivity (Wildman–Crippen MR) is 63.2 cm³/mol. The van der Waals surface area contributed by atoms with Gasteiger partial charge in [-0.1, -0.05) is 13.8 Å². The molecule has 3 amide bonds. The molecule has 1 fully saturated rings. The molecule has 2 unspecified atom stereocenters. The van der Waals surface area contributed by atoms with Gasteiger partial charge in [-0.15, -0.1) is 0 Å². The van der Waals surface area contributed by atoms with Gasteiger partial charge in [0.1, 0.15) is 6.04 Å². The standard InChI is InChI=1S/C11H21N3O3/c1-7(2)9(13-11(12)17)10(16)14-5-3-4-8(15)6-14/h7-9,15H,3-6H2,1-2H3,(H3,12,13,17). The summed E-state index contributed by atoms with van der Waals surface area (Å²) in [6.45, 7) is 4.65. The molecule has 0 radical (unpaired) electrons. The number of carbonyl (C=O) groups excluding carboxylic acids is 2. The molecule has 6 nitrogen and oxygen atoms in total. The maximum Gasteiger partial charge on any atom is 0.312 e. The van der Waals surface area contributed by atoms with Crippen LogP contribution >= 0.6 is 0 Å². The predicted octanol–water partition coefficient (Wildman–Crippen LogP) is -0.337. The van der Waals surface area contributed by atoms with Crippen LogP contribution in [0.15, 0.2) is 0 Å². The molecule has 2 atom stereocenters. The van der Waals surface area contributed by atoms with Crippen LogP contribution in [0, 0.1) is 5.92 Å². The second-order valence-electron chi connectivity index (χ2n) is 4.81. The van der Waals surface area contributed by atoms with Crippen LogP contribution < -0.4 is 11.1 Å². The first-order valence-electron chi connectivity index (χ1n) is 5.94. The second kappa shape index (κ2) is 5.86. The molecular formula is C11H21N3O3. The van der Waals surface area contributed by atoms with E-state index in [1.165, 1.54) is 0 Å². The first-order chi connectivity index (χ1) is 7.91. The molecule has 1 aliphatic heterocycles. The largest absolute Gasteiger partial charge is 0.391 e. The number of hydrogen-bond donors (Lipinski definition) is 3. The van der Waals surface area contributed by atoms with Crippen molar-refractivity contribution in [1.82, 2.24) is 10.2 Å². The fourth-order valence-electron chi connectivity index (χ4n) is 2.02. The summed E-state index contributed by atoms with van der Waals surface area (Å²) in [4.78, 5) is 24.6. The number of likely N-dealkylation sites (tertiary alicyclic amines) is 1. The van der Waals surface area contributed by atoms with Gasteiger partial charge in [0, 0.05) is 13.1 Å². The molecule has 0 bridgehead atoms. The summed E-state index contributed by atoms with van der Waals surface area (Å²) in [6, 6.07) is -1.31. The number of nitrogens with zero attached hydrogens (tertiary/aromatic N) is 1. The Labute approximate surface area is 101 Å². The van der Waals surface area contributed by atoms with Gasteiger partial charge in [-0.25, -0.2) is 4.79 Å². The van der Waals surface area contributed by atoms with E-state index in [1.807, 2.05) is 13.8 Å². The Morgan fingerprint density at radius 3 is 2.59 bits per heavy atom. The third-order valence-electron chi connectivity index (χ3n) is 2.94. The average molecular weight is 243 g/mol. The van der Waals surface area contributed by atoms with E-state index in [2.05, 4.69) is 5.32 Å². The number of β-amino-alcohol motifs (C(OH)–C–C–N with tert-alkyl or cyclic N) is 1. The van der Waals surface area contributed by atoms with Crippen molar-refractivity contribution >= 4 is 11.9 Å². The molecule has 98 valence electrons. The van der Waals surface area contributed by atoms with Crippen molar-refractivity contribution in [2.24, 2.45) is 11.7 Å². The summed E-state index contributed by atoms with van der Waals surface area (Å²) in [7, 11) is 0. The van der Waals surface area contributed by atoms with Crippen molar-refractivity contribution in [3.05, 3.63) is 0 Å². The highest BCUT2D eigenvalue weighted by molar-refractivity contribution is 5.86. The second-order valence-corrected chi connectivity index (χ2v) is 4.81. The van der Waals surface area contributed by atoms with Gasteiger partial charge in [-0.05, 0) is 18.8 Å². The summed E-state index contributed by atoms with van der Waals surface area (Å²) >= 11 is 0. The molecule has 0 aromatic carbocycles. The summed E-state index contributed by atoms with van der Waals surface area (Å²) in [5, 5.41) is 12.0. The zero-order valence-electron chi connectivity index (χ0n) is 10.3. The van der Waals surface area contributed by atoms with Crippen molar-refractivity contribution in [1.29, 1.82) is 0 Å². The van der Waals surface area contributed by atoms with E-state index < -0.39 is 18.2 Å². The van der Waals surface area contributed by atoms with Crippen LogP contribution in [0.2, 0.25) is 0 Å². The number of aliphatic hydroxyl groups is 1. The van der Waals surface area contributed by atoms with E-state index in [1.54, 1.807) is 4.90 Å². The Bertz CT molecular complexity index is 294. The van der Waals surface area contributed by atoms with E-state index in [4.69, 9.17) is 5.73 Å². The SMILES string of the molecule is CC(C)C(NC(N)=O)C(=O)N1CCCC(O)C1. The minimum Gasteiger partial charge on any atom is -0.391 e. The first kappa shape index (κ1) is 13.8. The van der Waals surface area contributed by atoms with E-state index in [9.17, 15) is 14.7 Å². The minimum absolute atomic E-state index is 0.0333. The smallest absolute Gasteiger partial charge is 0.312 e. The lowest BCUT2D eigenvalue weighted by Crippen LogP contribution is -2.55. The number of amides is 3. The highest BCUT2D eigenvalue weighted by Crippen LogP contribution is 2.13. The Morgan fingerprint density at radius 2 is 2.12 bits per heavy atom. The lowest BCUT2D eigenvalue weighted by molar-refractivity contribution is -0.137. The van der Waals surface area contributed by atoms with Gasteiger partial charge in [0.25, 0.3) is 0 Å². The minimum atomic E-state index is -0.699. The van der Waals surface area contributed by atoms with Crippen molar-refractivity contribution in [2.45, 2.75) is 38.8 Å². The summed E-state index contributed by atoms with van der Waals surface area (Å²) in [6.07, 6.45) is 1.04. The topological polar surface area (TPSA) is 95.7 Å². The Morgan fingerprint density at radius 1 is 1.47 bits per heavy atom. The monoisotopic (exact) mass is 243 g/mol. The number of aliphatic hydroxyl groups excluding tert-OH is 1. The Hall–Kier alpha value is -1.30. The third-order valence-corrected chi connectivity index (χ3v) is 2.94. The highest BCUT2D eigenvalue weighted by Gasteiger charge is 2.30. The quantitative estimate of drug-likeness (QED) is 0.633. The average Bonchev–Trinajstić information content (AvgIpc) is 2.24. The number of primary amides is 1. The Kier molecular flexibility index (Phi) is 4.74. The Balaban J connectivity index is 2.66. The number of carbonyl (C=O) groups is 2. The molecule has 0 aromatic rings. The summed E-state index contributed by atoms with van der Waals surface area (Å²) in [5.74, 6) is -0.202. The molecule has 1 heterocycles. The normalized spacial score (nSPS) is 22.4. The third kappa shape index (κ3) is 3.89. The van der Waals surface area contributed by atoms with Gasteiger partial charge in [0.05, 0.1) is 6.10 Å². The number of urea groups is 1. The molecule has 0 aromatic heterocycles. The van der Waals surface area contributed by atoms with Crippen LogP contribution in [0.1, 0.15) is 26.7 Å². The van der Waals surface area contributed by atoms with Crippen LogP contribution in [0.5, 0.6) is 0 Å². The molecule has 1 aliphatic rings. The molecular weight excluding hydrogens is 222 g/mol. The molecule has 4 N–H and O–H groups in total. The van der Waals surface area contributed by atoms with Crippen molar-refractivity contribution in [2.75, 3.05) is 13.1 Å². The van der Waals surface area contributed by atoms with Crippen LogP contribution in [0.4, 0.5) is 4.79 Å². The molecule has 1 rings (SSSR count). The molecule has 1 saturated heterocycles. The summed E-state index contributed by atoms with van der Waals surface area (Å²) in [5.41, 5.74) is 5.06. The van der Waals surface area contributed by atoms with E-state index in [-0.39, 0.29) is 11.8 Å². The number of piperidine rings is 1. The van der Waals surface area contributed by atoms with E-state index >= 15 is 0 Å². The number of nitrogens with one attached hydrogen (secondary N) is 1. The first-order valence-corrected chi connectivity index (χ1v) is 5.94. The van der Waals surface area contributed by atoms with Gasteiger partial charge >= 0.3 is 6.03 Å². The lowest BCUT2D eigenvalue weighted by Gasteiger charge is -2.34.